The molecule has 2 nitrogen and oxygen atoms in total. The van der Waals surface area contributed by atoms with E-state index in [1.54, 1.807) is 12.1 Å². The Labute approximate surface area is 171 Å². The normalized spacial score (nSPS) is 11.4. The molecule has 0 radical (unpaired) electrons. The summed E-state index contributed by atoms with van der Waals surface area (Å²) >= 11 is 0. The first-order valence-corrected chi connectivity index (χ1v) is 11.0. The summed E-state index contributed by atoms with van der Waals surface area (Å²) in [5, 5.41) is 20.7. The number of unbranched alkanes of at least 4 members (excludes halogenated alkanes) is 6. The molecule has 0 aliphatic heterocycles. The van der Waals surface area contributed by atoms with Crippen molar-refractivity contribution in [2.24, 2.45) is 0 Å². The van der Waals surface area contributed by atoms with Gasteiger partial charge in [-0.15, -0.1) is 0 Å². The zero-order valence-corrected chi connectivity index (χ0v) is 18.4. The van der Waals surface area contributed by atoms with Gasteiger partial charge in [-0.25, -0.2) is 0 Å². The van der Waals surface area contributed by atoms with Crippen molar-refractivity contribution >= 4 is 0 Å². The van der Waals surface area contributed by atoms with Crippen LogP contribution < -0.4 is 0 Å². The van der Waals surface area contributed by atoms with Gasteiger partial charge in [-0.1, -0.05) is 64.0 Å². The molecule has 0 aliphatic carbocycles. The molecule has 154 valence electrons. The molecule has 28 heavy (non-hydrogen) atoms. The van der Waals surface area contributed by atoms with Gasteiger partial charge in [0.2, 0.25) is 0 Å². The summed E-state index contributed by atoms with van der Waals surface area (Å²) in [4.78, 5) is 0. The van der Waals surface area contributed by atoms with Crippen molar-refractivity contribution < 1.29 is 10.2 Å². The quantitative estimate of drug-likeness (QED) is 0.415. The molecule has 0 saturated heterocycles. The fourth-order valence-corrected chi connectivity index (χ4v) is 4.52. The summed E-state index contributed by atoms with van der Waals surface area (Å²) in [5.41, 5.74) is 6.81. The Balaban J connectivity index is 2.31. The van der Waals surface area contributed by atoms with Crippen molar-refractivity contribution in [3.8, 4) is 11.5 Å². The zero-order valence-electron chi connectivity index (χ0n) is 18.4. The molecule has 2 aromatic carbocycles. The van der Waals surface area contributed by atoms with Crippen LogP contribution in [0.15, 0.2) is 24.3 Å². The molecule has 0 fully saturated rings. The number of phenols is 2. The first kappa shape index (κ1) is 22.3. The van der Waals surface area contributed by atoms with Gasteiger partial charge in [0.15, 0.2) is 0 Å². The van der Waals surface area contributed by atoms with Crippen molar-refractivity contribution in [3.63, 3.8) is 0 Å². The van der Waals surface area contributed by atoms with Gasteiger partial charge in [-0.2, -0.15) is 0 Å². The molecule has 0 aromatic heterocycles. The second kappa shape index (κ2) is 10.5. The molecule has 0 bridgehead atoms. The fraction of sp³-hybridized carbons (Fsp3) is 0.538. The van der Waals surface area contributed by atoms with Crippen LogP contribution >= 0.6 is 0 Å². The summed E-state index contributed by atoms with van der Waals surface area (Å²) in [7, 11) is 0. The van der Waals surface area contributed by atoms with Gasteiger partial charge in [0, 0.05) is 5.92 Å². The van der Waals surface area contributed by atoms with Crippen LogP contribution in [0.4, 0.5) is 0 Å². The lowest BCUT2D eigenvalue weighted by Gasteiger charge is -2.26. The molecule has 2 rings (SSSR count). The van der Waals surface area contributed by atoms with Gasteiger partial charge >= 0.3 is 0 Å². The van der Waals surface area contributed by atoms with Gasteiger partial charge in [0.1, 0.15) is 11.5 Å². The SMILES string of the molecule is CCCCCCCCCC(c1c(C)ccc(O)c1C)c1c(C)ccc(O)c1C. The number of rotatable bonds is 10. The minimum Gasteiger partial charge on any atom is -0.508 e. The van der Waals surface area contributed by atoms with Crippen LogP contribution in [0, 0.1) is 27.7 Å². The Bertz CT molecular complexity index is 719. The lowest BCUT2D eigenvalue weighted by atomic mass is 9.78. The van der Waals surface area contributed by atoms with E-state index < -0.39 is 0 Å². The van der Waals surface area contributed by atoms with Crippen molar-refractivity contribution in [1.82, 2.24) is 0 Å². The molecule has 2 heteroatoms. The molecule has 2 aromatic rings. The highest BCUT2D eigenvalue weighted by Gasteiger charge is 2.24. The van der Waals surface area contributed by atoms with E-state index in [1.807, 2.05) is 26.0 Å². The Kier molecular flexibility index (Phi) is 8.41. The van der Waals surface area contributed by atoms with Crippen molar-refractivity contribution in [2.45, 2.75) is 91.9 Å². The summed E-state index contributed by atoms with van der Waals surface area (Å²) in [5.74, 6) is 0.927. The fourth-order valence-electron chi connectivity index (χ4n) is 4.52. The minimum absolute atomic E-state index is 0.204. The first-order valence-electron chi connectivity index (χ1n) is 11.0. The van der Waals surface area contributed by atoms with Gasteiger partial charge in [-0.3, -0.25) is 0 Å². The predicted octanol–water partition coefficient (Wildman–Crippen LogP) is 7.60. The summed E-state index contributed by atoms with van der Waals surface area (Å²) < 4.78 is 0. The third kappa shape index (κ3) is 5.31. The maximum absolute atomic E-state index is 10.4. The molecule has 0 spiro atoms. The highest BCUT2D eigenvalue weighted by atomic mass is 16.3. The van der Waals surface area contributed by atoms with Crippen molar-refractivity contribution in [3.05, 3.63) is 57.6 Å². The third-order valence-corrected chi connectivity index (χ3v) is 6.20. The summed E-state index contributed by atoms with van der Waals surface area (Å²) in [6.45, 7) is 10.6. The van der Waals surface area contributed by atoms with Gasteiger partial charge in [-0.05, 0) is 79.6 Å². The van der Waals surface area contributed by atoms with E-state index in [4.69, 9.17) is 0 Å². The van der Waals surface area contributed by atoms with E-state index in [9.17, 15) is 10.2 Å². The van der Waals surface area contributed by atoms with E-state index in [2.05, 4.69) is 20.8 Å². The highest BCUT2D eigenvalue weighted by Crippen LogP contribution is 2.41. The molecule has 0 aliphatic rings. The Morgan fingerprint density at radius 2 is 1.07 bits per heavy atom. The second-order valence-electron chi connectivity index (χ2n) is 8.34. The molecular formula is C26H38O2. The number of aromatic hydroxyl groups is 2. The van der Waals surface area contributed by atoms with Crippen LogP contribution in [0.25, 0.3) is 0 Å². The Hall–Kier alpha value is -1.96. The van der Waals surface area contributed by atoms with Crippen LogP contribution in [0.3, 0.4) is 0 Å². The number of hydrogen-bond donors (Lipinski definition) is 2. The van der Waals surface area contributed by atoms with Crippen molar-refractivity contribution in [2.75, 3.05) is 0 Å². The molecule has 2 N–H and O–H groups in total. The van der Waals surface area contributed by atoms with Crippen molar-refractivity contribution in [1.29, 1.82) is 0 Å². The molecule has 0 heterocycles. The van der Waals surface area contributed by atoms with Crippen LogP contribution in [-0.4, -0.2) is 10.2 Å². The van der Waals surface area contributed by atoms with Crippen LogP contribution in [0.2, 0.25) is 0 Å². The summed E-state index contributed by atoms with van der Waals surface area (Å²) in [6.07, 6.45) is 10.0. The van der Waals surface area contributed by atoms with Crippen LogP contribution in [-0.2, 0) is 0 Å². The van der Waals surface area contributed by atoms with E-state index >= 15 is 0 Å². The molecule has 0 atom stereocenters. The van der Waals surface area contributed by atoms with E-state index in [0.717, 1.165) is 17.5 Å². The lowest BCUT2D eigenvalue weighted by molar-refractivity contribution is 0.466. The first-order chi connectivity index (χ1) is 13.4. The average Bonchev–Trinajstić information content (AvgIpc) is 2.67. The van der Waals surface area contributed by atoms with Gasteiger partial charge in [0.05, 0.1) is 0 Å². The number of hydrogen-bond acceptors (Lipinski definition) is 2. The number of phenolic OH excluding ortho intramolecular Hbond substituents is 2. The number of benzene rings is 2. The summed E-state index contributed by atoms with van der Waals surface area (Å²) in [6, 6.07) is 7.62. The van der Waals surface area contributed by atoms with E-state index in [1.165, 1.54) is 67.2 Å². The Morgan fingerprint density at radius 1 is 0.643 bits per heavy atom. The van der Waals surface area contributed by atoms with Gasteiger partial charge in [0.25, 0.3) is 0 Å². The van der Waals surface area contributed by atoms with E-state index in [-0.39, 0.29) is 5.92 Å². The molecule has 0 unspecified atom stereocenters. The molecule has 0 amide bonds. The molecular weight excluding hydrogens is 344 g/mol. The van der Waals surface area contributed by atoms with Crippen LogP contribution in [0.1, 0.15) is 97.6 Å². The second-order valence-corrected chi connectivity index (χ2v) is 8.34. The largest absolute Gasteiger partial charge is 0.508 e. The average molecular weight is 383 g/mol. The standard InChI is InChI=1S/C26H38O2/c1-6-7-8-9-10-11-12-13-22(25-18(2)14-16-23(27)20(25)4)26-19(3)15-17-24(28)21(26)5/h14-17,22,27-28H,6-13H2,1-5H3. The number of aryl methyl sites for hydroxylation is 2. The lowest BCUT2D eigenvalue weighted by Crippen LogP contribution is -2.10. The Morgan fingerprint density at radius 3 is 1.54 bits per heavy atom. The highest BCUT2D eigenvalue weighted by molar-refractivity contribution is 5.53. The predicted molar refractivity (Wildman–Crippen MR) is 120 cm³/mol. The van der Waals surface area contributed by atoms with Crippen LogP contribution in [0.5, 0.6) is 11.5 Å². The zero-order chi connectivity index (χ0) is 20.7. The van der Waals surface area contributed by atoms with E-state index in [0.29, 0.717) is 11.5 Å². The van der Waals surface area contributed by atoms with Gasteiger partial charge < -0.3 is 10.2 Å². The maximum Gasteiger partial charge on any atom is 0.118 e. The smallest absolute Gasteiger partial charge is 0.118 e. The molecule has 0 saturated carbocycles. The minimum atomic E-state index is 0.204. The maximum atomic E-state index is 10.4. The monoisotopic (exact) mass is 382 g/mol. The topological polar surface area (TPSA) is 40.5 Å². The third-order valence-electron chi connectivity index (χ3n) is 6.20.